The third-order valence-corrected chi connectivity index (χ3v) is 3.19. The number of hydrogen-bond donors (Lipinski definition) is 1. The molecule has 2 aromatic heterocycles. The van der Waals surface area contributed by atoms with E-state index in [0.29, 0.717) is 16.8 Å². The summed E-state index contributed by atoms with van der Waals surface area (Å²) in [6, 6.07) is 12.3. The van der Waals surface area contributed by atoms with E-state index in [1.807, 2.05) is 25.1 Å². The average molecular weight is 281 g/mol. The summed E-state index contributed by atoms with van der Waals surface area (Å²) in [6.07, 6.45) is 1.70. The van der Waals surface area contributed by atoms with E-state index in [1.165, 1.54) is 6.07 Å². The molecule has 0 aliphatic carbocycles. The van der Waals surface area contributed by atoms with E-state index in [4.69, 9.17) is 4.42 Å². The molecule has 0 saturated heterocycles. The molecule has 0 spiro atoms. The molecule has 21 heavy (non-hydrogen) atoms. The fourth-order valence-electron chi connectivity index (χ4n) is 2.06. The van der Waals surface area contributed by atoms with Crippen LogP contribution in [-0.4, -0.2) is 5.91 Å². The lowest BCUT2D eigenvalue weighted by molar-refractivity contribution is -0.361. The molecule has 0 radical (unpaired) electrons. The number of carbonyl (C=O) groups excluding carboxylic acids is 1. The number of anilines is 1. The van der Waals surface area contributed by atoms with Crippen molar-refractivity contribution in [2.45, 2.75) is 6.92 Å². The van der Waals surface area contributed by atoms with E-state index in [9.17, 15) is 9.59 Å². The van der Waals surface area contributed by atoms with Gasteiger partial charge in [0.05, 0.1) is 6.20 Å². The molecule has 0 bridgehead atoms. The zero-order chi connectivity index (χ0) is 14.8. The van der Waals surface area contributed by atoms with E-state index in [2.05, 4.69) is 10.3 Å². The number of hydrogen-bond acceptors (Lipinski definition) is 3. The van der Waals surface area contributed by atoms with Crippen molar-refractivity contribution >= 4 is 22.7 Å². The lowest BCUT2D eigenvalue weighted by atomic mass is 10.2. The maximum atomic E-state index is 12.2. The molecule has 1 aromatic carbocycles. The Labute approximate surface area is 120 Å². The molecular weight excluding hydrogens is 268 g/mol. The van der Waals surface area contributed by atoms with Gasteiger partial charge in [-0.15, -0.1) is 0 Å². The van der Waals surface area contributed by atoms with Gasteiger partial charge < -0.3 is 4.42 Å². The number of carbonyl (C=O) groups is 1. The third-order valence-electron chi connectivity index (χ3n) is 3.19. The summed E-state index contributed by atoms with van der Waals surface area (Å²) in [5.74, 6) is 0.0510. The summed E-state index contributed by atoms with van der Waals surface area (Å²) >= 11 is 0. The molecule has 0 fully saturated rings. The maximum Gasteiger partial charge on any atom is 0.351 e. The predicted octanol–water partition coefficient (Wildman–Crippen LogP) is 2.17. The van der Waals surface area contributed by atoms with Crippen LogP contribution in [0.15, 0.2) is 57.9 Å². The Hall–Kier alpha value is -2.95. The van der Waals surface area contributed by atoms with Crippen molar-refractivity contribution in [1.82, 2.24) is 0 Å². The molecule has 5 heteroatoms. The zero-order valence-corrected chi connectivity index (χ0v) is 11.3. The number of H-pyrrole nitrogens is 1. The van der Waals surface area contributed by atoms with Gasteiger partial charge in [-0.25, -0.2) is 19.9 Å². The van der Waals surface area contributed by atoms with Gasteiger partial charge in [0.2, 0.25) is 0 Å². The van der Waals surface area contributed by atoms with Crippen molar-refractivity contribution in [2.24, 2.45) is 0 Å². The Morgan fingerprint density at radius 3 is 2.81 bits per heavy atom. The number of amides is 1. The van der Waals surface area contributed by atoms with Crippen molar-refractivity contribution in [1.29, 1.82) is 0 Å². The highest BCUT2D eigenvalue weighted by Gasteiger charge is 2.19. The number of benzene rings is 1. The van der Waals surface area contributed by atoms with Gasteiger partial charge in [-0.3, -0.25) is 0 Å². The van der Waals surface area contributed by atoms with Gasteiger partial charge in [-0.2, -0.15) is 0 Å². The number of aryl methyl sites for hydroxylation is 1. The molecule has 0 saturated carbocycles. The lowest BCUT2D eigenvalue weighted by Gasteiger charge is -2.01. The molecule has 3 rings (SSSR count). The van der Waals surface area contributed by atoms with Crippen LogP contribution in [0.4, 0.5) is 5.82 Å². The fraction of sp³-hybridized carbons (Fsp3) is 0.0625. The highest BCUT2D eigenvalue weighted by Crippen LogP contribution is 2.13. The van der Waals surface area contributed by atoms with Crippen molar-refractivity contribution in [2.75, 3.05) is 5.32 Å². The summed E-state index contributed by atoms with van der Waals surface area (Å²) < 4.78 is 5.16. The second kappa shape index (κ2) is 5.20. The van der Waals surface area contributed by atoms with Gasteiger partial charge in [-0.05, 0) is 31.2 Å². The first-order valence-corrected chi connectivity index (χ1v) is 6.47. The number of aromatic amines is 1. The van der Waals surface area contributed by atoms with E-state index in [1.54, 1.807) is 24.4 Å². The molecule has 5 nitrogen and oxygen atoms in total. The van der Waals surface area contributed by atoms with E-state index >= 15 is 0 Å². The molecule has 2 heterocycles. The fourth-order valence-corrected chi connectivity index (χ4v) is 2.06. The SMILES string of the molecule is Cc1ccc[nH+]c1NC(=O)c1cc2ccccc2oc1=O. The monoisotopic (exact) mass is 281 g/mol. The van der Waals surface area contributed by atoms with Crippen LogP contribution in [0.2, 0.25) is 0 Å². The molecule has 0 aliphatic rings. The highest BCUT2D eigenvalue weighted by atomic mass is 16.4. The first-order valence-electron chi connectivity index (χ1n) is 6.47. The summed E-state index contributed by atoms with van der Waals surface area (Å²) in [6.45, 7) is 1.86. The predicted molar refractivity (Wildman–Crippen MR) is 78.2 cm³/mol. The van der Waals surface area contributed by atoms with Gasteiger partial charge >= 0.3 is 11.5 Å². The molecule has 0 atom stereocenters. The molecule has 0 unspecified atom stereocenters. The minimum absolute atomic E-state index is 0.0228. The topological polar surface area (TPSA) is 73.5 Å². The van der Waals surface area contributed by atoms with Crippen LogP contribution in [0.1, 0.15) is 15.9 Å². The Kier molecular flexibility index (Phi) is 3.23. The molecule has 2 N–H and O–H groups in total. The summed E-state index contributed by atoms with van der Waals surface area (Å²) in [5.41, 5.74) is 0.655. The van der Waals surface area contributed by atoms with Crippen LogP contribution in [-0.2, 0) is 0 Å². The number of aromatic nitrogens is 1. The van der Waals surface area contributed by atoms with Gasteiger partial charge in [0.1, 0.15) is 5.58 Å². The van der Waals surface area contributed by atoms with Crippen molar-refractivity contribution in [3.05, 3.63) is 70.2 Å². The lowest BCUT2D eigenvalue weighted by Crippen LogP contribution is -2.25. The van der Waals surface area contributed by atoms with E-state index in [0.717, 1.165) is 5.56 Å². The number of para-hydroxylation sites is 1. The Morgan fingerprint density at radius 1 is 1.19 bits per heavy atom. The summed E-state index contributed by atoms with van der Waals surface area (Å²) in [4.78, 5) is 27.1. The second-order valence-corrected chi connectivity index (χ2v) is 4.67. The highest BCUT2D eigenvalue weighted by molar-refractivity contribution is 6.04. The largest absolute Gasteiger partial charge is 0.422 e. The molecular formula is C16H13N2O3+. The van der Waals surface area contributed by atoms with Crippen LogP contribution < -0.4 is 15.9 Å². The van der Waals surface area contributed by atoms with Gasteiger partial charge in [0.15, 0.2) is 5.56 Å². The first kappa shape index (κ1) is 13.1. The van der Waals surface area contributed by atoms with Gasteiger partial charge in [0.25, 0.3) is 5.82 Å². The number of rotatable bonds is 2. The number of pyridine rings is 1. The van der Waals surface area contributed by atoms with Crippen LogP contribution in [0.3, 0.4) is 0 Å². The van der Waals surface area contributed by atoms with E-state index < -0.39 is 11.5 Å². The van der Waals surface area contributed by atoms with Crippen LogP contribution >= 0.6 is 0 Å². The van der Waals surface area contributed by atoms with Crippen LogP contribution in [0.5, 0.6) is 0 Å². The summed E-state index contributed by atoms with van der Waals surface area (Å²) in [5, 5.41) is 3.38. The first-order chi connectivity index (χ1) is 10.1. The van der Waals surface area contributed by atoms with Crippen molar-refractivity contribution in [3.8, 4) is 0 Å². The van der Waals surface area contributed by atoms with Crippen LogP contribution in [0, 0.1) is 6.92 Å². The van der Waals surface area contributed by atoms with Crippen molar-refractivity contribution < 1.29 is 14.2 Å². The van der Waals surface area contributed by atoms with Gasteiger partial charge in [-0.1, -0.05) is 18.2 Å². The number of fused-ring (bicyclic) bond motifs is 1. The van der Waals surface area contributed by atoms with Crippen LogP contribution in [0.25, 0.3) is 11.0 Å². The smallest absolute Gasteiger partial charge is 0.351 e. The van der Waals surface area contributed by atoms with E-state index in [-0.39, 0.29) is 5.56 Å². The Balaban J connectivity index is 2.00. The minimum Gasteiger partial charge on any atom is -0.422 e. The maximum absolute atomic E-state index is 12.2. The number of nitrogens with one attached hydrogen (secondary N) is 2. The zero-order valence-electron chi connectivity index (χ0n) is 11.3. The minimum atomic E-state index is -0.653. The normalized spacial score (nSPS) is 10.5. The third kappa shape index (κ3) is 2.53. The standard InChI is InChI=1S/C16H12N2O3/c1-10-5-4-8-17-14(10)18-15(19)12-9-11-6-2-3-7-13(11)21-16(12)20/h2-9H,1H3,(H,17,18,19)/p+1. The quantitative estimate of drug-likeness (QED) is 0.731. The molecule has 1 amide bonds. The molecule has 3 aromatic rings. The summed E-state index contributed by atoms with van der Waals surface area (Å²) in [7, 11) is 0. The molecule has 0 aliphatic heterocycles. The average Bonchev–Trinajstić information content (AvgIpc) is 2.49. The Morgan fingerprint density at radius 2 is 2.00 bits per heavy atom. The molecule has 104 valence electrons. The Bertz CT molecular complexity index is 884. The second-order valence-electron chi connectivity index (χ2n) is 4.67. The van der Waals surface area contributed by atoms with Crippen molar-refractivity contribution in [3.63, 3.8) is 0 Å². The van der Waals surface area contributed by atoms with Gasteiger partial charge in [0, 0.05) is 10.9 Å².